The second kappa shape index (κ2) is 10.1. The van der Waals surface area contributed by atoms with Gasteiger partial charge >= 0.3 is 12.1 Å². The highest BCUT2D eigenvalue weighted by Gasteiger charge is 2.30. The lowest BCUT2D eigenvalue weighted by molar-refractivity contribution is -0.384. The van der Waals surface area contributed by atoms with E-state index in [0.29, 0.717) is 5.56 Å². The summed E-state index contributed by atoms with van der Waals surface area (Å²) in [5.41, 5.74) is -0.791. The van der Waals surface area contributed by atoms with Crippen LogP contribution < -0.4 is 0 Å². The number of carbonyl (C=O) groups excluding carboxylic acids is 2. The fraction of sp³-hybridized carbons (Fsp3) is 0.227. The average Bonchev–Trinajstić information content (AvgIpc) is 3.32. The number of benzene rings is 2. The Morgan fingerprint density at radius 1 is 1.18 bits per heavy atom. The van der Waals surface area contributed by atoms with E-state index in [1.165, 1.54) is 47.6 Å². The summed E-state index contributed by atoms with van der Waals surface area (Å²) in [5.74, 6) is -1.46. The molecule has 178 valence electrons. The number of ether oxygens (including phenoxy) is 1. The number of halogens is 3. The molecule has 0 saturated carbocycles. The van der Waals surface area contributed by atoms with Gasteiger partial charge in [-0.05, 0) is 36.8 Å². The van der Waals surface area contributed by atoms with E-state index in [4.69, 9.17) is 4.74 Å². The molecule has 0 fully saturated rings. The van der Waals surface area contributed by atoms with Crippen LogP contribution >= 0.6 is 0 Å². The molecular formula is C22H19F3N4O5. The van der Waals surface area contributed by atoms with Crippen LogP contribution in [0.2, 0.25) is 0 Å². The number of esters is 1. The fourth-order valence-electron chi connectivity index (χ4n) is 3.19. The van der Waals surface area contributed by atoms with Crippen molar-refractivity contribution < 1.29 is 32.4 Å². The van der Waals surface area contributed by atoms with Gasteiger partial charge < -0.3 is 14.2 Å². The van der Waals surface area contributed by atoms with Gasteiger partial charge in [0.05, 0.1) is 23.4 Å². The third kappa shape index (κ3) is 5.77. The molecule has 0 spiro atoms. The molecule has 0 bridgehead atoms. The number of rotatable bonds is 8. The predicted molar refractivity (Wildman–Crippen MR) is 113 cm³/mol. The van der Waals surface area contributed by atoms with Gasteiger partial charge in [-0.2, -0.15) is 13.2 Å². The molecule has 1 amide bonds. The van der Waals surface area contributed by atoms with Crippen LogP contribution in [0.1, 0.15) is 28.4 Å². The number of nitro groups is 1. The Bertz CT molecular complexity index is 1180. The van der Waals surface area contributed by atoms with E-state index in [-0.39, 0.29) is 30.1 Å². The number of alkyl halides is 3. The highest BCUT2D eigenvalue weighted by Crippen LogP contribution is 2.29. The van der Waals surface area contributed by atoms with Crippen molar-refractivity contribution in [3.8, 4) is 5.69 Å². The minimum Gasteiger partial charge on any atom is -0.465 e. The molecule has 0 aliphatic heterocycles. The number of aromatic nitrogens is 2. The van der Waals surface area contributed by atoms with Crippen LogP contribution in [-0.4, -0.2) is 44.4 Å². The van der Waals surface area contributed by atoms with Crippen molar-refractivity contribution in [2.45, 2.75) is 19.6 Å². The lowest BCUT2D eigenvalue weighted by Gasteiger charge is -2.22. The number of carbonyl (C=O) groups is 2. The van der Waals surface area contributed by atoms with E-state index in [1.807, 2.05) is 0 Å². The molecule has 1 aromatic heterocycles. The van der Waals surface area contributed by atoms with Crippen LogP contribution in [-0.2, 0) is 22.3 Å². The summed E-state index contributed by atoms with van der Waals surface area (Å²) >= 11 is 0. The Morgan fingerprint density at radius 3 is 2.44 bits per heavy atom. The molecule has 0 N–H and O–H groups in total. The van der Waals surface area contributed by atoms with Crippen LogP contribution in [0.3, 0.4) is 0 Å². The number of nitrogens with zero attached hydrogens (tertiary/aromatic N) is 4. The quantitative estimate of drug-likeness (QED) is 0.276. The zero-order valence-corrected chi connectivity index (χ0v) is 17.9. The van der Waals surface area contributed by atoms with E-state index in [0.717, 1.165) is 23.1 Å². The summed E-state index contributed by atoms with van der Waals surface area (Å²) < 4.78 is 44.8. The van der Waals surface area contributed by atoms with Crippen molar-refractivity contribution in [2.24, 2.45) is 0 Å². The standard InChI is InChI=1S/C22H19F3N4O5/c1-2-34-20(30)13-28(12-15-3-6-17(7-4-15)22(23,24)25)21(31)16-5-8-18(19(11-16)29(32)33)27-10-9-26-14-27/h3-11,14H,2,12-13H2,1H3. The first kappa shape index (κ1) is 24.4. The third-order valence-electron chi connectivity index (χ3n) is 4.77. The summed E-state index contributed by atoms with van der Waals surface area (Å²) in [4.78, 5) is 41.1. The topological polar surface area (TPSA) is 108 Å². The molecule has 9 nitrogen and oxygen atoms in total. The second-order valence-corrected chi connectivity index (χ2v) is 7.09. The minimum atomic E-state index is -4.52. The normalized spacial score (nSPS) is 11.2. The zero-order chi connectivity index (χ0) is 24.9. The molecule has 1 heterocycles. The van der Waals surface area contributed by atoms with Crippen molar-refractivity contribution in [1.29, 1.82) is 0 Å². The van der Waals surface area contributed by atoms with Crippen molar-refractivity contribution in [3.05, 3.63) is 88.0 Å². The third-order valence-corrected chi connectivity index (χ3v) is 4.77. The van der Waals surface area contributed by atoms with Gasteiger partial charge in [-0.1, -0.05) is 12.1 Å². The Balaban J connectivity index is 1.92. The highest BCUT2D eigenvalue weighted by atomic mass is 19.4. The highest BCUT2D eigenvalue weighted by molar-refractivity contribution is 5.97. The van der Waals surface area contributed by atoms with E-state index in [2.05, 4.69) is 4.98 Å². The maximum absolute atomic E-state index is 13.2. The fourth-order valence-corrected chi connectivity index (χ4v) is 3.19. The Kier molecular flexibility index (Phi) is 7.29. The molecular weight excluding hydrogens is 457 g/mol. The van der Waals surface area contributed by atoms with Gasteiger partial charge in [0, 0.05) is 30.6 Å². The van der Waals surface area contributed by atoms with Crippen molar-refractivity contribution in [1.82, 2.24) is 14.5 Å². The largest absolute Gasteiger partial charge is 0.465 e. The Labute approximate surface area is 191 Å². The SMILES string of the molecule is CCOC(=O)CN(Cc1ccc(C(F)(F)F)cc1)C(=O)c1ccc(-n2ccnc2)c([N+](=O)[O-])c1. The van der Waals surface area contributed by atoms with Gasteiger partial charge in [-0.15, -0.1) is 0 Å². The van der Waals surface area contributed by atoms with E-state index >= 15 is 0 Å². The average molecular weight is 476 g/mol. The predicted octanol–water partition coefficient (Wildman–Crippen LogP) is 4.00. The smallest absolute Gasteiger partial charge is 0.416 e. The summed E-state index contributed by atoms with van der Waals surface area (Å²) in [5, 5.41) is 11.6. The molecule has 12 heteroatoms. The van der Waals surface area contributed by atoms with Gasteiger partial charge in [-0.25, -0.2) is 4.98 Å². The van der Waals surface area contributed by atoms with Crippen LogP contribution in [0.4, 0.5) is 18.9 Å². The monoisotopic (exact) mass is 476 g/mol. The molecule has 3 aromatic rings. The van der Waals surface area contributed by atoms with Gasteiger partial charge in [0.1, 0.15) is 12.2 Å². The number of hydrogen-bond acceptors (Lipinski definition) is 6. The van der Waals surface area contributed by atoms with Crippen molar-refractivity contribution >= 4 is 17.6 Å². The molecule has 0 radical (unpaired) electrons. The molecule has 2 aromatic carbocycles. The lowest BCUT2D eigenvalue weighted by Crippen LogP contribution is -2.36. The molecule has 0 saturated heterocycles. The van der Waals surface area contributed by atoms with Crippen molar-refractivity contribution in [3.63, 3.8) is 0 Å². The first-order valence-corrected chi connectivity index (χ1v) is 9.98. The molecule has 3 rings (SSSR count). The maximum Gasteiger partial charge on any atom is 0.416 e. The van der Waals surface area contributed by atoms with Crippen molar-refractivity contribution in [2.75, 3.05) is 13.2 Å². The zero-order valence-electron chi connectivity index (χ0n) is 17.9. The minimum absolute atomic E-state index is 0.0617. The van der Waals surface area contributed by atoms with Crippen LogP contribution in [0.25, 0.3) is 5.69 Å². The number of amides is 1. The molecule has 0 aliphatic rings. The van der Waals surface area contributed by atoms with Gasteiger partial charge in [0.25, 0.3) is 11.6 Å². The number of imidazole rings is 1. The van der Waals surface area contributed by atoms with Gasteiger partial charge in [0.2, 0.25) is 0 Å². The first-order valence-electron chi connectivity index (χ1n) is 9.98. The van der Waals surface area contributed by atoms with Gasteiger partial charge in [-0.3, -0.25) is 19.7 Å². The molecule has 34 heavy (non-hydrogen) atoms. The maximum atomic E-state index is 13.2. The lowest BCUT2D eigenvalue weighted by atomic mass is 10.1. The van der Waals surface area contributed by atoms with E-state index in [9.17, 15) is 32.9 Å². The van der Waals surface area contributed by atoms with Crippen LogP contribution in [0.15, 0.2) is 61.2 Å². The molecule has 0 atom stereocenters. The number of nitro benzene ring substituents is 1. The summed E-state index contributed by atoms with van der Waals surface area (Å²) in [6.45, 7) is 0.932. The summed E-state index contributed by atoms with van der Waals surface area (Å²) in [7, 11) is 0. The van der Waals surface area contributed by atoms with E-state index < -0.39 is 35.1 Å². The first-order chi connectivity index (χ1) is 16.1. The summed E-state index contributed by atoms with van der Waals surface area (Å²) in [6, 6.07) is 7.92. The second-order valence-electron chi connectivity index (χ2n) is 7.09. The van der Waals surface area contributed by atoms with E-state index in [1.54, 1.807) is 6.92 Å². The number of hydrogen-bond donors (Lipinski definition) is 0. The van der Waals surface area contributed by atoms with Gasteiger partial charge in [0.15, 0.2) is 0 Å². The Morgan fingerprint density at radius 2 is 1.88 bits per heavy atom. The summed E-state index contributed by atoms with van der Waals surface area (Å²) in [6.07, 6.45) is -0.216. The van der Waals surface area contributed by atoms with Crippen LogP contribution in [0.5, 0.6) is 0 Å². The Hall–Kier alpha value is -4.22. The molecule has 0 aliphatic carbocycles. The molecule has 0 unspecified atom stereocenters. The van der Waals surface area contributed by atoms with Crippen LogP contribution in [0, 0.1) is 10.1 Å².